The molecule has 0 aromatic rings. The lowest BCUT2D eigenvalue weighted by Crippen LogP contribution is -2.48. The summed E-state index contributed by atoms with van der Waals surface area (Å²) < 4.78 is 21.5. The van der Waals surface area contributed by atoms with Crippen LogP contribution >= 0.6 is 11.8 Å². The predicted octanol–water partition coefficient (Wildman–Crippen LogP) is 0.276. The lowest BCUT2D eigenvalue weighted by atomic mass is 10.1. The van der Waals surface area contributed by atoms with E-state index in [0.29, 0.717) is 51.6 Å². The average molecular weight is 1030 g/mol. The Morgan fingerprint density at radius 3 is 1.63 bits per heavy atom. The first-order chi connectivity index (χ1) is 33.5. The van der Waals surface area contributed by atoms with Crippen molar-refractivity contribution in [3.63, 3.8) is 0 Å². The Morgan fingerprint density at radius 1 is 0.634 bits per heavy atom. The number of unbranched alkanes of at least 4 members (excludes halogenated alkanes) is 2. The Morgan fingerprint density at radius 2 is 1.13 bits per heavy atom. The molecule has 4 unspecified atom stereocenters. The third-order valence-electron chi connectivity index (χ3n) is 9.75. The van der Waals surface area contributed by atoms with Crippen molar-refractivity contribution in [2.45, 2.75) is 154 Å². The number of carbonyl (C=O) groups is 10. The van der Waals surface area contributed by atoms with Crippen LogP contribution in [0, 0.1) is 0 Å². The van der Waals surface area contributed by atoms with Gasteiger partial charge < -0.3 is 66.6 Å². The van der Waals surface area contributed by atoms with Gasteiger partial charge in [-0.25, -0.2) is 9.59 Å². The minimum atomic E-state index is -1.00. The number of alkyl carbamates (subject to hydrolysis) is 2. The van der Waals surface area contributed by atoms with Gasteiger partial charge in [0, 0.05) is 71.2 Å². The summed E-state index contributed by atoms with van der Waals surface area (Å²) in [6.07, 6.45) is 1.48. The van der Waals surface area contributed by atoms with Crippen molar-refractivity contribution in [3.8, 4) is 0 Å². The van der Waals surface area contributed by atoms with E-state index in [1.165, 1.54) is 6.92 Å². The fraction of sp³-hybridized carbons (Fsp3) is 0.783. The van der Waals surface area contributed by atoms with Crippen LogP contribution in [0.1, 0.15) is 120 Å². The van der Waals surface area contributed by atoms with Crippen LogP contribution in [0.5, 0.6) is 0 Å². The normalized spacial score (nSPS) is 14.9. The summed E-state index contributed by atoms with van der Waals surface area (Å²) in [5.74, 6) is -3.75. The van der Waals surface area contributed by atoms with Crippen molar-refractivity contribution < 1.29 is 72.0 Å². The Balaban J connectivity index is 2.64. The molecule has 1 rings (SSSR count). The molecule has 24 nitrogen and oxygen atoms in total. The summed E-state index contributed by atoms with van der Waals surface area (Å²) in [7, 11) is 0. The Kier molecular flexibility index (Phi) is 31.4. The van der Waals surface area contributed by atoms with E-state index in [4.69, 9.17) is 24.1 Å². The first-order valence-electron chi connectivity index (χ1n) is 24.3. The molecule has 1 aliphatic heterocycles. The molecular formula is C46H81N9O15S. The average Bonchev–Trinajstić information content (AvgIpc) is 3.55. The second-order valence-corrected chi connectivity index (χ2v) is 19.8. The standard InChI is InChI=1S/C46H81N9O15S/c1-9-18-47-41(63)34(52-31(2)57)30-71-35-29-38(60)55(42(35)64)23-16-36(58)53-33(15-11-13-20-51-44(66)70-46(6,7)8)40(62)49-22-26-68-28-27-67-25-17-37(59)54-32(39(61)48-21-24-56)14-10-12-19-50-43(65)69-45(3,4)5/h32-35,56H,9-30H2,1-8H3,(H,47,63)(H,48,61)(H,49,62)(H,50,65)(H,51,66)(H,52,57)(H,53,58)(H,54,59). The van der Waals surface area contributed by atoms with Crippen LogP contribution in [0.15, 0.2) is 0 Å². The highest BCUT2D eigenvalue weighted by Crippen LogP contribution is 2.26. The number of ether oxygens (including phenoxy) is 4. The lowest BCUT2D eigenvalue weighted by molar-refractivity contribution is -0.139. The van der Waals surface area contributed by atoms with Gasteiger partial charge in [0.2, 0.25) is 47.3 Å². The number of thioether (sulfide) groups is 1. The van der Waals surface area contributed by atoms with Gasteiger partial charge in [-0.2, -0.15) is 0 Å². The first-order valence-corrected chi connectivity index (χ1v) is 25.4. The largest absolute Gasteiger partial charge is 0.444 e. The Bertz CT molecular complexity index is 1730. The van der Waals surface area contributed by atoms with Gasteiger partial charge in [-0.3, -0.25) is 43.3 Å². The molecule has 0 spiro atoms. The second-order valence-electron chi connectivity index (χ2n) is 18.6. The molecule has 406 valence electrons. The Labute approximate surface area is 421 Å². The molecule has 0 radical (unpaired) electrons. The van der Waals surface area contributed by atoms with Crippen LogP contribution in [-0.2, 0) is 57.3 Å². The maximum Gasteiger partial charge on any atom is 0.407 e. The van der Waals surface area contributed by atoms with Crippen LogP contribution in [0.2, 0.25) is 0 Å². The summed E-state index contributed by atoms with van der Waals surface area (Å²) in [5.41, 5.74) is -1.31. The number of nitrogens with zero attached hydrogens (tertiary/aromatic N) is 1. The van der Waals surface area contributed by atoms with Gasteiger partial charge in [-0.15, -0.1) is 11.8 Å². The topological polar surface area (TPSA) is 327 Å². The molecule has 10 amide bonds. The quantitative estimate of drug-likeness (QED) is 0.0304. The summed E-state index contributed by atoms with van der Waals surface area (Å²) in [6, 6.07) is -2.77. The molecular weight excluding hydrogens is 951 g/mol. The van der Waals surface area contributed by atoms with Crippen molar-refractivity contribution in [2.24, 2.45) is 0 Å². The smallest absolute Gasteiger partial charge is 0.407 e. The fourth-order valence-corrected chi connectivity index (χ4v) is 7.62. The molecule has 1 aliphatic rings. The third kappa shape index (κ3) is 30.9. The number of imide groups is 1. The van der Waals surface area contributed by atoms with Crippen molar-refractivity contribution >= 4 is 71.2 Å². The van der Waals surface area contributed by atoms with Gasteiger partial charge in [-0.1, -0.05) is 6.92 Å². The maximum absolute atomic E-state index is 13.3. The van der Waals surface area contributed by atoms with E-state index in [2.05, 4.69) is 42.5 Å². The molecule has 9 N–H and O–H groups in total. The second kappa shape index (κ2) is 35.0. The molecule has 0 bridgehead atoms. The maximum atomic E-state index is 13.3. The first kappa shape index (κ1) is 63.7. The van der Waals surface area contributed by atoms with Gasteiger partial charge >= 0.3 is 12.2 Å². The zero-order valence-corrected chi connectivity index (χ0v) is 43.7. The van der Waals surface area contributed by atoms with Crippen molar-refractivity contribution in [1.29, 1.82) is 0 Å². The molecule has 1 heterocycles. The van der Waals surface area contributed by atoms with Crippen LogP contribution in [-0.4, -0.2) is 182 Å². The number of likely N-dealkylation sites (tertiary alicyclic amines) is 1. The van der Waals surface area contributed by atoms with Crippen molar-refractivity contribution in [2.75, 3.05) is 78.1 Å². The van der Waals surface area contributed by atoms with Gasteiger partial charge in [0.25, 0.3) is 0 Å². The van der Waals surface area contributed by atoms with Crippen molar-refractivity contribution in [3.05, 3.63) is 0 Å². The zero-order chi connectivity index (χ0) is 53.4. The molecule has 1 fully saturated rings. The highest BCUT2D eigenvalue weighted by Gasteiger charge is 2.40. The van der Waals surface area contributed by atoms with E-state index < -0.39 is 94.0 Å². The number of hydrogen-bond acceptors (Lipinski definition) is 16. The number of carbonyl (C=O) groups excluding carboxylic acids is 10. The molecule has 71 heavy (non-hydrogen) atoms. The van der Waals surface area contributed by atoms with E-state index in [-0.39, 0.29) is 90.6 Å². The summed E-state index contributed by atoms with van der Waals surface area (Å²) in [4.78, 5) is 127. The van der Waals surface area contributed by atoms with Crippen LogP contribution in [0.4, 0.5) is 9.59 Å². The summed E-state index contributed by atoms with van der Waals surface area (Å²) in [6.45, 7) is 14.6. The number of aliphatic hydroxyl groups is 1. The molecule has 0 saturated carbocycles. The lowest BCUT2D eigenvalue weighted by Gasteiger charge is -2.21. The Hall–Kier alpha value is -5.27. The van der Waals surface area contributed by atoms with Crippen LogP contribution in [0.25, 0.3) is 0 Å². The number of nitrogens with one attached hydrogen (secondary N) is 8. The summed E-state index contributed by atoms with van der Waals surface area (Å²) in [5, 5.41) is 29.5. The van der Waals surface area contributed by atoms with E-state index in [0.717, 1.165) is 16.7 Å². The number of aliphatic hydroxyl groups excluding tert-OH is 1. The molecule has 4 atom stereocenters. The van der Waals surface area contributed by atoms with Gasteiger partial charge in [0.15, 0.2) is 0 Å². The van der Waals surface area contributed by atoms with E-state index >= 15 is 0 Å². The molecule has 0 aromatic heterocycles. The van der Waals surface area contributed by atoms with Gasteiger partial charge in [0.05, 0.1) is 38.3 Å². The van der Waals surface area contributed by atoms with E-state index in [1.807, 2.05) is 6.92 Å². The molecule has 0 aliphatic carbocycles. The highest BCUT2D eigenvalue weighted by atomic mass is 32.2. The monoisotopic (exact) mass is 1030 g/mol. The van der Waals surface area contributed by atoms with E-state index in [9.17, 15) is 47.9 Å². The number of amides is 10. The zero-order valence-electron chi connectivity index (χ0n) is 42.9. The highest BCUT2D eigenvalue weighted by molar-refractivity contribution is 8.00. The minimum Gasteiger partial charge on any atom is -0.444 e. The predicted molar refractivity (Wildman–Crippen MR) is 263 cm³/mol. The SMILES string of the molecule is CCCNC(=O)C(CSC1CC(=O)N(CCC(=O)NC(CCCCNC(=O)OC(C)(C)C)C(=O)NCCOCCOCCC(=O)NC(CCCCNC(=O)OC(C)(C)C)C(=O)NCCO)C1=O)NC(C)=O. The van der Waals surface area contributed by atoms with Gasteiger partial charge in [0.1, 0.15) is 29.3 Å². The van der Waals surface area contributed by atoms with Crippen molar-refractivity contribution in [1.82, 2.24) is 47.4 Å². The molecule has 0 aromatic carbocycles. The number of hydrogen-bond donors (Lipinski definition) is 9. The third-order valence-corrected chi connectivity index (χ3v) is 11.0. The van der Waals surface area contributed by atoms with Gasteiger partial charge in [-0.05, 0) is 86.5 Å². The van der Waals surface area contributed by atoms with Crippen LogP contribution < -0.4 is 42.5 Å². The number of rotatable bonds is 35. The van der Waals surface area contributed by atoms with E-state index in [1.54, 1.807) is 41.5 Å². The summed E-state index contributed by atoms with van der Waals surface area (Å²) >= 11 is 1.07. The van der Waals surface area contributed by atoms with Crippen LogP contribution in [0.3, 0.4) is 0 Å². The minimum absolute atomic E-state index is 0.0241. The molecule has 25 heteroatoms. The molecule has 1 saturated heterocycles. The fourth-order valence-electron chi connectivity index (χ4n) is 6.43.